The van der Waals surface area contributed by atoms with Gasteiger partial charge in [0, 0.05) is 18.3 Å². The Bertz CT molecular complexity index is 775. The highest BCUT2D eigenvalue weighted by molar-refractivity contribution is 6.12. The molecule has 0 saturated heterocycles. The molecule has 23 heavy (non-hydrogen) atoms. The molecule has 1 heterocycles. The Morgan fingerprint density at radius 3 is 2.87 bits per heavy atom. The van der Waals surface area contributed by atoms with Crippen molar-refractivity contribution in [1.29, 1.82) is 0 Å². The maximum absolute atomic E-state index is 12.6. The Hall–Kier alpha value is -2.56. The number of allylic oxidation sites excluding steroid dienone is 1. The molecule has 0 bridgehead atoms. The lowest BCUT2D eigenvalue weighted by atomic mass is 9.90. The first-order valence-electron chi connectivity index (χ1n) is 7.71. The van der Waals surface area contributed by atoms with E-state index >= 15 is 0 Å². The zero-order chi connectivity index (χ0) is 16.4. The van der Waals surface area contributed by atoms with Gasteiger partial charge in [0.05, 0.1) is 25.5 Å². The third-order valence-corrected chi connectivity index (χ3v) is 4.06. The van der Waals surface area contributed by atoms with Gasteiger partial charge in [-0.1, -0.05) is 6.07 Å². The largest absolute Gasteiger partial charge is 0.493 e. The maximum atomic E-state index is 12.6. The van der Waals surface area contributed by atoms with Crippen LogP contribution in [0.3, 0.4) is 0 Å². The number of hydrogen-bond donors (Lipinski definition) is 0. The van der Waals surface area contributed by atoms with Crippen molar-refractivity contribution in [3.8, 4) is 11.5 Å². The van der Waals surface area contributed by atoms with Gasteiger partial charge < -0.3 is 9.47 Å². The number of carbonyl (C=O) groups excluding carboxylic acids is 1. The Morgan fingerprint density at radius 1 is 1.30 bits per heavy atom. The summed E-state index contributed by atoms with van der Waals surface area (Å²) in [5, 5.41) is 4.18. The van der Waals surface area contributed by atoms with Gasteiger partial charge in [0.15, 0.2) is 17.3 Å². The quantitative estimate of drug-likeness (QED) is 0.814. The van der Waals surface area contributed by atoms with Crippen LogP contribution < -0.4 is 9.47 Å². The average Bonchev–Trinajstić information content (AvgIpc) is 2.93. The van der Waals surface area contributed by atoms with Gasteiger partial charge in [-0.25, -0.2) is 0 Å². The smallest absolute Gasteiger partial charge is 0.192 e. The fraction of sp³-hybridized carbons (Fsp3) is 0.333. The maximum Gasteiger partial charge on any atom is 0.192 e. The van der Waals surface area contributed by atoms with Crippen LogP contribution in [0.1, 0.15) is 35.0 Å². The van der Waals surface area contributed by atoms with Gasteiger partial charge in [-0.3, -0.25) is 9.48 Å². The predicted molar refractivity (Wildman–Crippen MR) is 88.0 cm³/mol. The summed E-state index contributed by atoms with van der Waals surface area (Å²) in [5.41, 5.74) is 3.46. The van der Waals surface area contributed by atoms with E-state index in [1.54, 1.807) is 18.0 Å². The fourth-order valence-corrected chi connectivity index (χ4v) is 2.88. The molecule has 0 saturated carbocycles. The first-order chi connectivity index (χ1) is 11.1. The van der Waals surface area contributed by atoms with Crippen molar-refractivity contribution in [3.05, 3.63) is 46.8 Å². The highest BCUT2D eigenvalue weighted by atomic mass is 16.5. The molecule has 1 aromatic carbocycles. The number of ether oxygens (including phenoxy) is 2. The molecule has 1 aliphatic rings. The summed E-state index contributed by atoms with van der Waals surface area (Å²) in [6, 6.07) is 5.70. The second-order valence-corrected chi connectivity index (χ2v) is 5.47. The van der Waals surface area contributed by atoms with E-state index in [-0.39, 0.29) is 5.78 Å². The molecule has 1 aromatic heterocycles. The number of benzene rings is 1. The minimum Gasteiger partial charge on any atom is -0.493 e. The van der Waals surface area contributed by atoms with Gasteiger partial charge in [-0.2, -0.15) is 5.10 Å². The topological polar surface area (TPSA) is 53.4 Å². The lowest BCUT2D eigenvalue weighted by Gasteiger charge is -2.15. The Labute approximate surface area is 135 Å². The van der Waals surface area contributed by atoms with Gasteiger partial charge in [-0.15, -0.1) is 0 Å². The first-order valence-corrected chi connectivity index (χ1v) is 7.71. The number of rotatable bonds is 4. The van der Waals surface area contributed by atoms with E-state index in [4.69, 9.17) is 9.47 Å². The number of aryl methyl sites for hydroxylation is 1. The number of nitrogens with zero attached hydrogens (tertiary/aromatic N) is 2. The van der Waals surface area contributed by atoms with Crippen LogP contribution in [0.25, 0.3) is 6.08 Å². The van der Waals surface area contributed by atoms with E-state index in [2.05, 4.69) is 5.10 Å². The summed E-state index contributed by atoms with van der Waals surface area (Å²) >= 11 is 0. The van der Waals surface area contributed by atoms with E-state index in [9.17, 15) is 4.79 Å². The summed E-state index contributed by atoms with van der Waals surface area (Å²) in [4.78, 5) is 12.6. The van der Waals surface area contributed by atoms with Crippen LogP contribution in [0.2, 0.25) is 0 Å². The van der Waals surface area contributed by atoms with Crippen molar-refractivity contribution in [2.24, 2.45) is 7.05 Å². The lowest BCUT2D eigenvalue weighted by Crippen LogP contribution is -2.15. The number of carbonyl (C=O) groups is 1. The van der Waals surface area contributed by atoms with Gasteiger partial charge in [-0.05, 0) is 43.5 Å². The molecule has 0 aliphatic heterocycles. The van der Waals surface area contributed by atoms with Crippen molar-refractivity contribution < 1.29 is 14.3 Å². The van der Waals surface area contributed by atoms with Gasteiger partial charge in [0.1, 0.15) is 0 Å². The second-order valence-electron chi connectivity index (χ2n) is 5.47. The van der Waals surface area contributed by atoms with Crippen LogP contribution >= 0.6 is 0 Å². The van der Waals surface area contributed by atoms with Gasteiger partial charge >= 0.3 is 0 Å². The van der Waals surface area contributed by atoms with Crippen molar-refractivity contribution in [2.45, 2.75) is 19.8 Å². The van der Waals surface area contributed by atoms with Crippen LogP contribution in [0.5, 0.6) is 11.5 Å². The number of aromatic nitrogens is 2. The first kappa shape index (κ1) is 15.3. The highest BCUT2D eigenvalue weighted by Crippen LogP contribution is 2.31. The van der Waals surface area contributed by atoms with Crippen LogP contribution in [-0.4, -0.2) is 29.3 Å². The van der Waals surface area contributed by atoms with E-state index < -0.39 is 0 Å². The summed E-state index contributed by atoms with van der Waals surface area (Å²) in [7, 11) is 3.49. The van der Waals surface area contributed by atoms with E-state index in [1.807, 2.05) is 38.2 Å². The average molecular weight is 312 g/mol. The van der Waals surface area contributed by atoms with Crippen molar-refractivity contribution in [1.82, 2.24) is 9.78 Å². The zero-order valence-corrected chi connectivity index (χ0v) is 13.6. The molecule has 0 spiro atoms. The summed E-state index contributed by atoms with van der Waals surface area (Å²) < 4.78 is 12.7. The molecule has 0 fully saturated rings. The number of methoxy groups -OCH3 is 1. The molecule has 120 valence electrons. The molecular formula is C18H20N2O3. The third kappa shape index (κ3) is 2.86. The normalized spacial score (nSPS) is 15.6. The van der Waals surface area contributed by atoms with Crippen LogP contribution in [0, 0.1) is 0 Å². The SMILES string of the molecule is CCOc1cc(/C=C2/CCc3c(cnn3C)C2=O)ccc1OC. The minimum atomic E-state index is 0.0631. The third-order valence-electron chi connectivity index (χ3n) is 4.06. The molecule has 5 nitrogen and oxygen atoms in total. The van der Waals surface area contributed by atoms with Crippen molar-refractivity contribution in [2.75, 3.05) is 13.7 Å². The summed E-state index contributed by atoms with van der Waals surface area (Å²) in [6.45, 7) is 2.49. The van der Waals surface area contributed by atoms with Crippen LogP contribution in [0.15, 0.2) is 30.0 Å². The standard InChI is InChI=1S/C18H20N2O3/c1-4-23-17-10-12(5-8-16(17)22-3)9-13-6-7-15-14(18(13)21)11-19-20(15)2/h5,8-11H,4,6-7H2,1-3H3/b13-9-. The van der Waals surface area contributed by atoms with E-state index in [0.29, 0.717) is 23.7 Å². The molecule has 0 radical (unpaired) electrons. The molecule has 0 unspecified atom stereocenters. The fourth-order valence-electron chi connectivity index (χ4n) is 2.88. The van der Waals surface area contributed by atoms with Crippen molar-refractivity contribution in [3.63, 3.8) is 0 Å². The predicted octanol–water partition coefficient (Wildman–Crippen LogP) is 3.04. The molecule has 0 N–H and O–H groups in total. The second kappa shape index (κ2) is 6.28. The summed E-state index contributed by atoms with van der Waals surface area (Å²) in [6.07, 6.45) is 5.14. The molecule has 5 heteroatoms. The Kier molecular flexibility index (Phi) is 4.19. The highest BCUT2D eigenvalue weighted by Gasteiger charge is 2.24. The Morgan fingerprint density at radius 2 is 2.13 bits per heavy atom. The molecule has 1 aliphatic carbocycles. The lowest BCUT2D eigenvalue weighted by molar-refractivity contribution is 0.102. The van der Waals surface area contributed by atoms with Gasteiger partial charge in [0.25, 0.3) is 0 Å². The number of ketones is 1. The minimum absolute atomic E-state index is 0.0631. The monoisotopic (exact) mass is 312 g/mol. The molecule has 0 atom stereocenters. The molecule has 0 amide bonds. The molecule has 3 rings (SSSR count). The van der Waals surface area contributed by atoms with E-state index in [1.165, 1.54) is 0 Å². The summed E-state index contributed by atoms with van der Waals surface area (Å²) in [5.74, 6) is 1.45. The number of Topliss-reactive ketones (excluding diaryl/α,β-unsaturated/α-hetero) is 1. The molecule has 2 aromatic rings. The zero-order valence-electron chi connectivity index (χ0n) is 13.6. The van der Waals surface area contributed by atoms with Crippen LogP contribution in [-0.2, 0) is 13.5 Å². The van der Waals surface area contributed by atoms with Gasteiger partial charge in [0.2, 0.25) is 0 Å². The van der Waals surface area contributed by atoms with Crippen molar-refractivity contribution >= 4 is 11.9 Å². The number of fused-ring (bicyclic) bond motifs is 1. The number of hydrogen-bond acceptors (Lipinski definition) is 4. The van der Waals surface area contributed by atoms with E-state index in [0.717, 1.165) is 29.7 Å². The van der Waals surface area contributed by atoms with Crippen LogP contribution in [0.4, 0.5) is 0 Å². The Balaban J connectivity index is 1.93. The molecular weight excluding hydrogens is 292 g/mol.